The molecule has 1 aromatic rings. The maximum Gasteiger partial charge on any atom is 0.122 e. The van der Waals surface area contributed by atoms with Crippen LogP contribution in [-0.2, 0) is 0 Å². The Morgan fingerprint density at radius 1 is 0.947 bits per heavy atom. The molecule has 2 atom stereocenters. The van der Waals surface area contributed by atoms with Crippen molar-refractivity contribution < 1.29 is 9.47 Å². The minimum absolute atomic E-state index is 0.454. The molecule has 0 saturated heterocycles. The number of hydrogen-bond donors (Lipinski definition) is 1. The fourth-order valence-corrected chi connectivity index (χ4v) is 2.02. The maximum absolute atomic E-state index is 5.33. The van der Waals surface area contributed by atoms with Gasteiger partial charge in [0.05, 0.1) is 14.2 Å². The van der Waals surface area contributed by atoms with Gasteiger partial charge < -0.3 is 14.8 Å². The average molecular weight is 265 g/mol. The van der Waals surface area contributed by atoms with Crippen LogP contribution < -0.4 is 14.8 Å². The van der Waals surface area contributed by atoms with Crippen molar-refractivity contribution >= 4 is 0 Å². The van der Waals surface area contributed by atoms with Crippen LogP contribution in [0.25, 0.3) is 0 Å². The van der Waals surface area contributed by atoms with Gasteiger partial charge in [-0.15, -0.1) is 0 Å². The maximum atomic E-state index is 5.33. The molecule has 0 radical (unpaired) electrons. The summed E-state index contributed by atoms with van der Waals surface area (Å²) in [6, 6.07) is 6.63. The van der Waals surface area contributed by atoms with Crippen LogP contribution in [-0.4, -0.2) is 26.8 Å². The summed E-state index contributed by atoms with van der Waals surface area (Å²) in [6.07, 6.45) is 0. The van der Waals surface area contributed by atoms with Crippen LogP contribution in [0.5, 0.6) is 11.5 Å². The van der Waals surface area contributed by atoms with Gasteiger partial charge in [0.1, 0.15) is 11.5 Å². The highest BCUT2D eigenvalue weighted by Crippen LogP contribution is 2.31. The van der Waals surface area contributed by atoms with E-state index in [1.165, 1.54) is 5.56 Å². The summed E-state index contributed by atoms with van der Waals surface area (Å²) in [5.41, 5.74) is 1.26. The standard InChI is InChI=1S/C16H27NO2/c1-11(2)17-10-12(3)13(4)14-7-15(18-5)9-16(8-14)19-6/h7-9,11-13,17H,10H2,1-6H3. The van der Waals surface area contributed by atoms with Gasteiger partial charge in [-0.3, -0.25) is 0 Å². The lowest BCUT2D eigenvalue weighted by Gasteiger charge is -2.23. The van der Waals surface area contributed by atoms with Crippen LogP contribution in [0.3, 0.4) is 0 Å². The van der Waals surface area contributed by atoms with Gasteiger partial charge in [0.25, 0.3) is 0 Å². The zero-order valence-electron chi connectivity index (χ0n) is 13.0. The lowest BCUT2D eigenvalue weighted by Crippen LogP contribution is -2.29. The first-order valence-corrected chi connectivity index (χ1v) is 6.94. The SMILES string of the molecule is COc1cc(OC)cc(C(C)C(C)CNC(C)C)c1. The van der Waals surface area contributed by atoms with Crippen LogP contribution in [0.15, 0.2) is 18.2 Å². The second-order valence-electron chi connectivity index (χ2n) is 5.47. The Kier molecular flexibility index (Phi) is 6.16. The van der Waals surface area contributed by atoms with Crippen molar-refractivity contribution in [2.75, 3.05) is 20.8 Å². The van der Waals surface area contributed by atoms with Gasteiger partial charge in [-0.2, -0.15) is 0 Å². The first-order valence-electron chi connectivity index (χ1n) is 6.94. The van der Waals surface area contributed by atoms with Crippen molar-refractivity contribution in [1.29, 1.82) is 0 Å². The highest BCUT2D eigenvalue weighted by molar-refractivity contribution is 5.40. The summed E-state index contributed by atoms with van der Waals surface area (Å²) in [5.74, 6) is 2.71. The van der Waals surface area contributed by atoms with E-state index in [0.29, 0.717) is 17.9 Å². The molecule has 19 heavy (non-hydrogen) atoms. The zero-order valence-corrected chi connectivity index (χ0v) is 13.0. The Morgan fingerprint density at radius 3 is 1.89 bits per heavy atom. The summed E-state index contributed by atoms with van der Waals surface area (Å²) in [5, 5.41) is 3.49. The third-order valence-electron chi connectivity index (χ3n) is 3.60. The number of ether oxygens (including phenoxy) is 2. The molecule has 0 aliphatic carbocycles. The van der Waals surface area contributed by atoms with Gasteiger partial charge in [-0.1, -0.05) is 27.7 Å². The molecule has 3 nitrogen and oxygen atoms in total. The van der Waals surface area contributed by atoms with E-state index in [4.69, 9.17) is 9.47 Å². The summed E-state index contributed by atoms with van der Waals surface area (Å²) >= 11 is 0. The monoisotopic (exact) mass is 265 g/mol. The van der Waals surface area contributed by atoms with Crippen LogP contribution in [0.1, 0.15) is 39.2 Å². The topological polar surface area (TPSA) is 30.5 Å². The molecule has 1 aromatic carbocycles. The number of nitrogens with one attached hydrogen (secondary N) is 1. The van der Waals surface area contributed by atoms with Gasteiger partial charge in [0.2, 0.25) is 0 Å². The predicted molar refractivity (Wildman–Crippen MR) is 80.3 cm³/mol. The lowest BCUT2D eigenvalue weighted by atomic mass is 9.88. The Labute approximate surface area is 117 Å². The van der Waals surface area contributed by atoms with E-state index < -0.39 is 0 Å². The Hall–Kier alpha value is -1.22. The van der Waals surface area contributed by atoms with Crippen LogP contribution in [0.2, 0.25) is 0 Å². The van der Waals surface area contributed by atoms with Gasteiger partial charge in [0.15, 0.2) is 0 Å². The third kappa shape index (κ3) is 4.75. The smallest absolute Gasteiger partial charge is 0.122 e. The second-order valence-corrected chi connectivity index (χ2v) is 5.47. The molecule has 0 bridgehead atoms. The predicted octanol–water partition coefficient (Wildman–Crippen LogP) is 3.44. The van der Waals surface area contributed by atoms with Crippen molar-refractivity contribution in [2.45, 2.75) is 39.7 Å². The second kappa shape index (κ2) is 7.39. The molecule has 0 saturated carbocycles. The number of rotatable bonds is 7. The molecule has 1 rings (SSSR count). The van der Waals surface area contributed by atoms with E-state index in [0.717, 1.165) is 18.0 Å². The molecule has 3 heteroatoms. The Balaban J connectivity index is 2.82. The normalized spacial score (nSPS) is 14.3. The molecule has 0 aliphatic heterocycles. The number of methoxy groups -OCH3 is 2. The molecule has 0 heterocycles. The Morgan fingerprint density at radius 2 is 1.47 bits per heavy atom. The zero-order chi connectivity index (χ0) is 14.4. The van der Waals surface area contributed by atoms with E-state index in [-0.39, 0.29) is 0 Å². The van der Waals surface area contributed by atoms with Crippen molar-refractivity contribution in [3.63, 3.8) is 0 Å². The van der Waals surface area contributed by atoms with Gasteiger partial charge in [-0.05, 0) is 36.1 Å². The molecule has 108 valence electrons. The summed E-state index contributed by atoms with van der Waals surface area (Å²) in [7, 11) is 3.37. The fourth-order valence-electron chi connectivity index (χ4n) is 2.02. The molecule has 2 unspecified atom stereocenters. The summed E-state index contributed by atoms with van der Waals surface area (Å²) < 4.78 is 10.7. The molecule has 0 aromatic heterocycles. The van der Waals surface area contributed by atoms with Crippen LogP contribution in [0, 0.1) is 5.92 Å². The summed E-state index contributed by atoms with van der Waals surface area (Å²) in [6.45, 7) is 9.88. The van der Waals surface area contributed by atoms with Crippen LogP contribution >= 0.6 is 0 Å². The fraction of sp³-hybridized carbons (Fsp3) is 0.625. The van der Waals surface area contributed by atoms with Crippen molar-refractivity contribution in [3.05, 3.63) is 23.8 Å². The highest BCUT2D eigenvalue weighted by Gasteiger charge is 2.16. The van der Waals surface area contributed by atoms with Gasteiger partial charge >= 0.3 is 0 Å². The molecular formula is C16H27NO2. The molecule has 0 amide bonds. The van der Waals surface area contributed by atoms with Crippen molar-refractivity contribution in [2.24, 2.45) is 5.92 Å². The van der Waals surface area contributed by atoms with E-state index in [1.807, 2.05) is 6.07 Å². The van der Waals surface area contributed by atoms with Crippen molar-refractivity contribution in [1.82, 2.24) is 5.32 Å². The third-order valence-corrected chi connectivity index (χ3v) is 3.60. The highest BCUT2D eigenvalue weighted by atomic mass is 16.5. The van der Waals surface area contributed by atoms with E-state index in [9.17, 15) is 0 Å². The first kappa shape index (κ1) is 15.8. The molecule has 0 spiro atoms. The van der Waals surface area contributed by atoms with Gasteiger partial charge in [-0.25, -0.2) is 0 Å². The van der Waals surface area contributed by atoms with E-state index in [2.05, 4.69) is 45.1 Å². The number of hydrogen-bond acceptors (Lipinski definition) is 3. The minimum Gasteiger partial charge on any atom is -0.497 e. The van der Waals surface area contributed by atoms with E-state index >= 15 is 0 Å². The van der Waals surface area contributed by atoms with E-state index in [1.54, 1.807) is 14.2 Å². The molecule has 0 fully saturated rings. The van der Waals surface area contributed by atoms with Crippen LogP contribution in [0.4, 0.5) is 0 Å². The number of benzene rings is 1. The van der Waals surface area contributed by atoms with Gasteiger partial charge in [0, 0.05) is 12.1 Å². The molecule has 0 aliphatic rings. The average Bonchev–Trinajstić information content (AvgIpc) is 2.42. The Bertz CT molecular complexity index is 368. The van der Waals surface area contributed by atoms with Crippen molar-refractivity contribution in [3.8, 4) is 11.5 Å². The largest absolute Gasteiger partial charge is 0.497 e. The first-order chi connectivity index (χ1) is 8.97. The quantitative estimate of drug-likeness (QED) is 0.819. The lowest BCUT2D eigenvalue weighted by molar-refractivity contribution is 0.388. The molecular weight excluding hydrogens is 238 g/mol. The minimum atomic E-state index is 0.454. The summed E-state index contributed by atoms with van der Waals surface area (Å²) in [4.78, 5) is 0. The molecule has 1 N–H and O–H groups in total.